The van der Waals surface area contributed by atoms with Crippen molar-refractivity contribution in [3.8, 4) is 17.6 Å². The van der Waals surface area contributed by atoms with E-state index in [1.807, 2.05) is 25.1 Å². The Bertz CT molecular complexity index is 671. The van der Waals surface area contributed by atoms with E-state index in [9.17, 15) is 4.79 Å². The van der Waals surface area contributed by atoms with Gasteiger partial charge in [0.2, 0.25) is 0 Å². The number of hydrogen-bond acceptors (Lipinski definition) is 4. The van der Waals surface area contributed by atoms with Gasteiger partial charge in [-0.25, -0.2) is 0 Å². The zero-order chi connectivity index (χ0) is 15.8. The lowest BCUT2D eigenvalue weighted by atomic mass is 10.1. The number of para-hydroxylation sites is 2. The smallest absolute Gasteiger partial charge is 0.311 e. The van der Waals surface area contributed by atoms with Crippen LogP contribution in [0.5, 0.6) is 11.5 Å². The van der Waals surface area contributed by atoms with Gasteiger partial charge in [-0.05, 0) is 43.2 Å². The second kappa shape index (κ2) is 7.84. The molecule has 112 valence electrons. The molecule has 0 radical (unpaired) electrons. The molecule has 0 saturated carbocycles. The molecule has 0 spiro atoms. The maximum absolute atomic E-state index is 11.9. The number of ether oxygens (including phenoxy) is 2. The second-order valence-electron chi connectivity index (χ2n) is 4.66. The van der Waals surface area contributed by atoms with Gasteiger partial charge in [0.25, 0.3) is 0 Å². The molecular formula is C18H17NO3. The highest BCUT2D eigenvalue weighted by Crippen LogP contribution is 2.26. The van der Waals surface area contributed by atoms with Gasteiger partial charge in [-0.3, -0.25) is 4.79 Å². The van der Waals surface area contributed by atoms with Crippen LogP contribution in [0.25, 0.3) is 0 Å². The summed E-state index contributed by atoms with van der Waals surface area (Å²) in [6.45, 7) is 2.39. The van der Waals surface area contributed by atoms with Crippen LogP contribution in [0.4, 0.5) is 0 Å². The molecule has 0 fully saturated rings. The lowest BCUT2D eigenvalue weighted by Crippen LogP contribution is -2.10. The zero-order valence-electron chi connectivity index (χ0n) is 12.4. The molecule has 0 N–H and O–H groups in total. The Kier molecular flexibility index (Phi) is 5.56. The number of rotatable bonds is 6. The fourth-order valence-electron chi connectivity index (χ4n) is 1.98. The molecule has 0 aliphatic carbocycles. The standard InChI is InChI=1S/C18H17NO3/c1-2-21-16-5-3-4-6-17(16)22-18(20)12-11-14-7-9-15(13-19)10-8-14/h3-10H,2,11-12H2,1H3. The minimum atomic E-state index is -0.309. The molecule has 0 aromatic heterocycles. The summed E-state index contributed by atoms with van der Waals surface area (Å²) in [7, 11) is 0. The van der Waals surface area contributed by atoms with E-state index in [-0.39, 0.29) is 12.4 Å². The van der Waals surface area contributed by atoms with Gasteiger partial charge in [-0.15, -0.1) is 0 Å². The van der Waals surface area contributed by atoms with Crippen molar-refractivity contribution in [2.45, 2.75) is 19.8 Å². The van der Waals surface area contributed by atoms with E-state index in [0.29, 0.717) is 30.1 Å². The summed E-state index contributed by atoms with van der Waals surface area (Å²) >= 11 is 0. The van der Waals surface area contributed by atoms with Crippen LogP contribution in [0, 0.1) is 11.3 Å². The van der Waals surface area contributed by atoms with Crippen molar-refractivity contribution in [3.05, 3.63) is 59.7 Å². The van der Waals surface area contributed by atoms with E-state index in [1.54, 1.807) is 30.3 Å². The maximum atomic E-state index is 11.9. The number of benzene rings is 2. The molecule has 2 aromatic rings. The van der Waals surface area contributed by atoms with Crippen LogP contribution < -0.4 is 9.47 Å². The molecule has 0 aliphatic heterocycles. The van der Waals surface area contributed by atoms with Crippen LogP contribution in [-0.2, 0) is 11.2 Å². The van der Waals surface area contributed by atoms with Crippen molar-refractivity contribution in [1.82, 2.24) is 0 Å². The summed E-state index contributed by atoms with van der Waals surface area (Å²) < 4.78 is 10.8. The Balaban J connectivity index is 1.91. The van der Waals surface area contributed by atoms with Crippen molar-refractivity contribution in [2.24, 2.45) is 0 Å². The molecular weight excluding hydrogens is 278 g/mol. The first-order valence-corrected chi connectivity index (χ1v) is 7.14. The van der Waals surface area contributed by atoms with E-state index in [0.717, 1.165) is 5.56 Å². The van der Waals surface area contributed by atoms with E-state index >= 15 is 0 Å². The molecule has 22 heavy (non-hydrogen) atoms. The largest absolute Gasteiger partial charge is 0.490 e. The number of nitriles is 1. The molecule has 0 aliphatic rings. The Morgan fingerprint density at radius 1 is 1.09 bits per heavy atom. The quantitative estimate of drug-likeness (QED) is 0.604. The predicted octanol–water partition coefficient (Wildman–Crippen LogP) is 3.50. The molecule has 0 atom stereocenters. The summed E-state index contributed by atoms with van der Waals surface area (Å²) in [6.07, 6.45) is 0.841. The first-order valence-electron chi connectivity index (χ1n) is 7.14. The predicted molar refractivity (Wildman–Crippen MR) is 82.7 cm³/mol. The molecule has 0 saturated heterocycles. The fourth-order valence-corrected chi connectivity index (χ4v) is 1.98. The van der Waals surface area contributed by atoms with Crippen molar-refractivity contribution >= 4 is 5.97 Å². The number of nitrogens with zero attached hydrogens (tertiary/aromatic N) is 1. The van der Waals surface area contributed by atoms with Crippen molar-refractivity contribution in [3.63, 3.8) is 0 Å². The highest BCUT2D eigenvalue weighted by atomic mass is 16.6. The summed E-state index contributed by atoms with van der Waals surface area (Å²) in [5.74, 6) is 0.697. The van der Waals surface area contributed by atoms with Crippen molar-refractivity contribution < 1.29 is 14.3 Å². The Morgan fingerprint density at radius 2 is 1.77 bits per heavy atom. The van der Waals surface area contributed by atoms with Gasteiger partial charge in [0.1, 0.15) is 0 Å². The van der Waals surface area contributed by atoms with Crippen LogP contribution >= 0.6 is 0 Å². The van der Waals surface area contributed by atoms with Crippen molar-refractivity contribution in [2.75, 3.05) is 6.61 Å². The summed E-state index contributed by atoms with van der Waals surface area (Å²) in [5.41, 5.74) is 1.60. The summed E-state index contributed by atoms with van der Waals surface area (Å²) in [4.78, 5) is 11.9. The third kappa shape index (κ3) is 4.35. The molecule has 4 heteroatoms. The molecule has 4 nitrogen and oxygen atoms in total. The average molecular weight is 295 g/mol. The molecule has 0 unspecified atom stereocenters. The molecule has 2 aromatic carbocycles. The first kappa shape index (κ1) is 15.6. The molecule has 2 rings (SSSR count). The molecule has 0 heterocycles. The highest BCUT2D eigenvalue weighted by Gasteiger charge is 2.10. The van der Waals surface area contributed by atoms with Gasteiger partial charge in [0.15, 0.2) is 11.5 Å². The fraction of sp³-hybridized carbons (Fsp3) is 0.222. The van der Waals surface area contributed by atoms with Gasteiger partial charge >= 0.3 is 5.97 Å². The lowest BCUT2D eigenvalue weighted by Gasteiger charge is -2.10. The third-order valence-electron chi connectivity index (χ3n) is 3.07. The SMILES string of the molecule is CCOc1ccccc1OC(=O)CCc1ccc(C#N)cc1. The van der Waals surface area contributed by atoms with Crippen molar-refractivity contribution in [1.29, 1.82) is 5.26 Å². The number of esters is 1. The number of carbonyl (C=O) groups excluding carboxylic acids is 1. The monoisotopic (exact) mass is 295 g/mol. The highest BCUT2D eigenvalue weighted by molar-refractivity contribution is 5.73. The van der Waals surface area contributed by atoms with Gasteiger partial charge in [0.05, 0.1) is 18.2 Å². The number of aryl methyl sites for hydroxylation is 1. The normalized spacial score (nSPS) is 9.82. The van der Waals surface area contributed by atoms with E-state index in [4.69, 9.17) is 14.7 Å². The van der Waals surface area contributed by atoms with Crippen LogP contribution in [0.3, 0.4) is 0 Å². The van der Waals surface area contributed by atoms with Gasteiger partial charge < -0.3 is 9.47 Å². The Morgan fingerprint density at radius 3 is 2.41 bits per heavy atom. The van der Waals surface area contributed by atoms with E-state index in [1.165, 1.54) is 0 Å². The first-order chi connectivity index (χ1) is 10.7. The van der Waals surface area contributed by atoms with E-state index in [2.05, 4.69) is 6.07 Å². The van der Waals surface area contributed by atoms with Gasteiger partial charge in [0, 0.05) is 6.42 Å². The summed E-state index contributed by atoms with van der Waals surface area (Å²) in [5, 5.41) is 8.74. The van der Waals surface area contributed by atoms with Gasteiger partial charge in [-0.2, -0.15) is 5.26 Å². The number of hydrogen-bond donors (Lipinski definition) is 0. The lowest BCUT2D eigenvalue weighted by molar-refractivity contribution is -0.134. The molecule has 0 bridgehead atoms. The Labute approximate surface area is 129 Å². The second-order valence-corrected chi connectivity index (χ2v) is 4.66. The Hall–Kier alpha value is -2.80. The summed E-state index contributed by atoms with van der Waals surface area (Å²) in [6, 6.07) is 16.4. The van der Waals surface area contributed by atoms with Crippen LogP contribution in [-0.4, -0.2) is 12.6 Å². The molecule has 0 amide bonds. The van der Waals surface area contributed by atoms with E-state index < -0.39 is 0 Å². The van der Waals surface area contributed by atoms with Crippen LogP contribution in [0.15, 0.2) is 48.5 Å². The minimum absolute atomic E-state index is 0.270. The van der Waals surface area contributed by atoms with Crippen LogP contribution in [0.1, 0.15) is 24.5 Å². The number of carbonyl (C=O) groups is 1. The maximum Gasteiger partial charge on any atom is 0.311 e. The average Bonchev–Trinajstić information content (AvgIpc) is 2.55. The third-order valence-corrected chi connectivity index (χ3v) is 3.07. The minimum Gasteiger partial charge on any atom is -0.490 e. The zero-order valence-corrected chi connectivity index (χ0v) is 12.4. The van der Waals surface area contributed by atoms with Crippen LogP contribution in [0.2, 0.25) is 0 Å². The van der Waals surface area contributed by atoms with Gasteiger partial charge in [-0.1, -0.05) is 24.3 Å². The topological polar surface area (TPSA) is 59.3 Å².